The van der Waals surface area contributed by atoms with Crippen molar-refractivity contribution in [1.29, 1.82) is 0 Å². The average Bonchev–Trinajstić information content (AvgIpc) is 2.64. The lowest BCUT2D eigenvalue weighted by Gasteiger charge is -2.29. The Bertz CT molecular complexity index is 331. The summed E-state index contributed by atoms with van der Waals surface area (Å²) in [5, 5.41) is 3.29. The average molecular weight is 267 g/mol. The molecular weight excluding hydrogens is 242 g/mol. The zero-order chi connectivity index (χ0) is 13.2. The van der Waals surface area contributed by atoms with E-state index in [1.54, 1.807) is 0 Å². The van der Waals surface area contributed by atoms with Crippen LogP contribution < -0.4 is 5.32 Å². The van der Waals surface area contributed by atoms with E-state index in [1.165, 1.54) is 12.8 Å². The summed E-state index contributed by atoms with van der Waals surface area (Å²) in [5.74, 6) is 0.273. The number of carbonyl (C=O) groups excluding carboxylic acids is 1. The van der Waals surface area contributed by atoms with Gasteiger partial charge in [0.2, 0.25) is 5.91 Å². The molecular formula is C14H25N3O2. The highest BCUT2D eigenvalue weighted by Crippen LogP contribution is 2.28. The van der Waals surface area contributed by atoms with Crippen LogP contribution in [0.4, 0.5) is 0 Å². The smallest absolute Gasteiger partial charge is 0.225 e. The third-order valence-corrected chi connectivity index (χ3v) is 4.91. The molecule has 3 heterocycles. The topological polar surface area (TPSA) is 44.8 Å². The molecule has 3 rings (SSSR count). The first-order valence-corrected chi connectivity index (χ1v) is 7.56. The molecule has 5 heteroatoms. The SMILES string of the molecule is CN1C2CCC1CN(C(=O)CC1CNCCO1)CC2. The van der Waals surface area contributed by atoms with E-state index in [9.17, 15) is 4.79 Å². The Morgan fingerprint density at radius 2 is 2.16 bits per heavy atom. The molecule has 1 amide bonds. The maximum absolute atomic E-state index is 12.4. The van der Waals surface area contributed by atoms with E-state index in [0.29, 0.717) is 18.5 Å². The van der Waals surface area contributed by atoms with E-state index in [2.05, 4.69) is 22.2 Å². The quantitative estimate of drug-likeness (QED) is 0.768. The van der Waals surface area contributed by atoms with Gasteiger partial charge in [-0.05, 0) is 26.3 Å². The third kappa shape index (κ3) is 2.93. The van der Waals surface area contributed by atoms with Crippen molar-refractivity contribution in [3.8, 4) is 0 Å². The number of nitrogens with one attached hydrogen (secondary N) is 1. The number of hydrogen-bond donors (Lipinski definition) is 1. The fourth-order valence-corrected chi connectivity index (χ4v) is 3.61. The largest absolute Gasteiger partial charge is 0.375 e. The van der Waals surface area contributed by atoms with E-state index in [0.717, 1.165) is 39.2 Å². The second-order valence-electron chi connectivity index (χ2n) is 6.08. The number of carbonyl (C=O) groups is 1. The molecule has 0 aromatic carbocycles. The summed E-state index contributed by atoms with van der Waals surface area (Å²) in [5.41, 5.74) is 0. The van der Waals surface area contributed by atoms with Crippen molar-refractivity contribution in [2.45, 2.75) is 43.9 Å². The molecule has 3 aliphatic rings. The van der Waals surface area contributed by atoms with E-state index >= 15 is 0 Å². The molecule has 0 saturated carbocycles. The molecule has 0 aliphatic carbocycles. The zero-order valence-corrected chi connectivity index (χ0v) is 11.8. The van der Waals surface area contributed by atoms with Crippen LogP contribution in [0.1, 0.15) is 25.7 Å². The van der Waals surface area contributed by atoms with Crippen molar-refractivity contribution in [2.75, 3.05) is 39.8 Å². The molecule has 3 aliphatic heterocycles. The molecule has 3 unspecified atom stereocenters. The monoisotopic (exact) mass is 267 g/mol. The molecule has 0 aromatic rings. The van der Waals surface area contributed by atoms with Gasteiger partial charge < -0.3 is 15.0 Å². The normalized spacial score (nSPS) is 36.3. The standard InChI is InChI=1S/C14H25N3O2/c1-16-11-2-3-12(16)10-17(6-4-11)14(18)8-13-9-15-5-7-19-13/h11-13,15H,2-10H2,1H3. The number of likely N-dealkylation sites (tertiary alicyclic amines) is 1. The van der Waals surface area contributed by atoms with Crippen molar-refractivity contribution < 1.29 is 9.53 Å². The summed E-state index contributed by atoms with van der Waals surface area (Å²) in [7, 11) is 2.21. The lowest BCUT2D eigenvalue weighted by atomic mass is 10.1. The van der Waals surface area contributed by atoms with Crippen LogP contribution in [0.2, 0.25) is 0 Å². The Balaban J connectivity index is 1.55. The Kier molecular flexibility index (Phi) is 4.05. The number of rotatable bonds is 2. The van der Waals surface area contributed by atoms with E-state index in [1.807, 2.05) is 0 Å². The fraction of sp³-hybridized carbons (Fsp3) is 0.929. The minimum Gasteiger partial charge on any atom is -0.375 e. The number of ether oxygens (including phenoxy) is 1. The van der Waals surface area contributed by atoms with Crippen molar-refractivity contribution in [3.05, 3.63) is 0 Å². The van der Waals surface area contributed by atoms with Gasteiger partial charge in [-0.25, -0.2) is 0 Å². The molecule has 1 N–H and O–H groups in total. The van der Waals surface area contributed by atoms with Crippen molar-refractivity contribution >= 4 is 5.91 Å². The summed E-state index contributed by atoms with van der Waals surface area (Å²) in [6.07, 6.45) is 4.28. The first-order valence-electron chi connectivity index (χ1n) is 7.56. The van der Waals surface area contributed by atoms with Gasteiger partial charge in [-0.3, -0.25) is 9.69 Å². The van der Waals surface area contributed by atoms with Gasteiger partial charge in [-0.1, -0.05) is 0 Å². The van der Waals surface area contributed by atoms with Crippen LogP contribution in [0.15, 0.2) is 0 Å². The minimum absolute atomic E-state index is 0.0689. The van der Waals surface area contributed by atoms with Crippen molar-refractivity contribution in [1.82, 2.24) is 15.1 Å². The highest BCUT2D eigenvalue weighted by Gasteiger charge is 2.36. The Labute approximate surface area is 115 Å². The summed E-state index contributed by atoms with van der Waals surface area (Å²) in [6, 6.07) is 1.26. The number of hydrogen-bond acceptors (Lipinski definition) is 4. The van der Waals surface area contributed by atoms with Crippen LogP contribution in [-0.2, 0) is 9.53 Å². The maximum atomic E-state index is 12.4. The van der Waals surface area contributed by atoms with Gasteiger partial charge in [-0.15, -0.1) is 0 Å². The van der Waals surface area contributed by atoms with Crippen LogP contribution in [0.5, 0.6) is 0 Å². The van der Waals surface area contributed by atoms with E-state index < -0.39 is 0 Å². The van der Waals surface area contributed by atoms with Crippen LogP contribution in [0.3, 0.4) is 0 Å². The molecule has 2 bridgehead atoms. The highest BCUT2D eigenvalue weighted by atomic mass is 16.5. The Morgan fingerprint density at radius 3 is 2.95 bits per heavy atom. The van der Waals surface area contributed by atoms with Crippen molar-refractivity contribution in [3.63, 3.8) is 0 Å². The predicted molar refractivity (Wildman–Crippen MR) is 73.0 cm³/mol. The molecule has 0 spiro atoms. The molecule has 3 saturated heterocycles. The summed E-state index contributed by atoms with van der Waals surface area (Å²) < 4.78 is 5.63. The number of morpholine rings is 1. The highest BCUT2D eigenvalue weighted by molar-refractivity contribution is 5.76. The lowest BCUT2D eigenvalue weighted by molar-refractivity contribution is -0.135. The van der Waals surface area contributed by atoms with Gasteiger partial charge in [0.25, 0.3) is 0 Å². The summed E-state index contributed by atoms with van der Waals surface area (Å²) >= 11 is 0. The summed E-state index contributed by atoms with van der Waals surface area (Å²) in [6.45, 7) is 4.27. The molecule has 19 heavy (non-hydrogen) atoms. The maximum Gasteiger partial charge on any atom is 0.225 e. The van der Waals surface area contributed by atoms with Crippen LogP contribution in [0, 0.1) is 0 Å². The second kappa shape index (κ2) is 5.77. The van der Waals surface area contributed by atoms with Crippen molar-refractivity contribution in [2.24, 2.45) is 0 Å². The Morgan fingerprint density at radius 1 is 1.32 bits per heavy atom. The van der Waals surface area contributed by atoms with Gasteiger partial charge in [0.15, 0.2) is 0 Å². The molecule has 108 valence electrons. The lowest BCUT2D eigenvalue weighted by Crippen LogP contribution is -2.44. The van der Waals surface area contributed by atoms with Crippen LogP contribution >= 0.6 is 0 Å². The predicted octanol–water partition coefficient (Wildman–Crippen LogP) is 0.0600. The third-order valence-electron chi connectivity index (χ3n) is 4.91. The molecule has 0 radical (unpaired) electrons. The fourth-order valence-electron chi connectivity index (χ4n) is 3.61. The van der Waals surface area contributed by atoms with Crippen LogP contribution in [0.25, 0.3) is 0 Å². The van der Waals surface area contributed by atoms with Crippen LogP contribution in [-0.4, -0.2) is 73.7 Å². The number of likely N-dealkylation sites (N-methyl/N-ethyl adjacent to an activating group) is 1. The number of nitrogens with zero attached hydrogens (tertiary/aromatic N) is 2. The van der Waals surface area contributed by atoms with Gasteiger partial charge in [0.05, 0.1) is 19.1 Å². The van der Waals surface area contributed by atoms with E-state index in [4.69, 9.17) is 4.74 Å². The van der Waals surface area contributed by atoms with Gasteiger partial charge in [0, 0.05) is 38.3 Å². The number of fused-ring (bicyclic) bond motifs is 2. The molecule has 3 fully saturated rings. The number of amides is 1. The first-order chi connectivity index (χ1) is 9.24. The minimum atomic E-state index is 0.0689. The summed E-state index contributed by atoms with van der Waals surface area (Å²) in [4.78, 5) is 16.9. The van der Waals surface area contributed by atoms with Gasteiger partial charge in [0.1, 0.15) is 0 Å². The van der Waals surface area contributed by atoms with Gasteiger partial charge >= 0.3 is 0 Å². The van der Waals surface area contributed by atoms with E-state index in [-0.39, 0.29) is 12.0 Å². The molecule has 3 atom stereocenters. The zero-order valence-electron chi connectivity index (χ0n) is 11.8. The second-order valence-corrected chi connectivity index (χ2v) is 6.08. The first kappa shape index (κ1) is 13.3. The van der Waals surface area contributed by atoms with Gasteiger partial charge in [-0.2, -0.15) is 0 Å². The Hall–Kier alpha value is -0.650. The molecule has 5 nitrogen and oxygen atoms in total. The molecule has 0 aromatic heterocycles.